The normalized spacial score (nSPS) is 13.0. The van der Waals surface area contributed by atoms with Crippen molar-refractivity contribution in [2.75, 3.05) is 0 Å². The molecule has 0 nitrogen and oxygen atoms in total. The van der Waals surface area contributed by atoms with Gasteiger partial charge in [-0.2, -0.15) is 0 Å². The van der Waals surface area contributed by atoms with Gasteiger partial charge < -0.3 is 0 Å². The highest BCUT2D eigenvalue weighted by molar-refractivity contribution is 14.1. The lowest BCUT2D eigenvalue weighted by molar-refractivity contribution is 0.571. The zero-order chi connectivity index (χ0) is 9.14. The second-order valence-electron chi connectivity index (χ2n) is 2.54. The summed E-state index contributed by atoms with van der Waals surface area (Å²) in [4.78, 5) is 0. The minimum atomic E-state index is -0.518. The number of hydrogen-bond acceptors (Lipinski definition) is 0. The lowest BCUT2D eigenvalue weighted by Crippen LogP contribution is -1.93. The van der Waals surface area contributed by atoms with Crippen LogP contribution in [0.15, 0.2) is 18.2 Å². The molecule has 0 amide bonds. The molecule has 0 fully saturated rings. The van der Waals surface area contributed by atoms with Crippen molar-refractivity contribution in [1.29, 1.82) is 0 Å². The van der Waals surface area contributed by atoms with Crippen molar-refractivity contribution in [3.63, 3.8) is 0 Å². The van der Waals surface area contributed by atoms with Crippen molar-refractivity contribution in [1.82, 2.24) is 0 Å². The van der Waals surface area contributed by atoms with Gasteiger partial charge in [0.05, 0.1) is 0 Å². The van der Waals surface area contributed by atoms with E-state index in [2.05, 4.69) is 22.6 Å². The van der Waals surface area contributed by atoms with Crippen molar-refractivity contribution in [3.8, 4) is 0 Å². The maximum atomic E-state index is 13.0. The number of alkyl halides is 1. The molecule has 0 N–H and O–H groups in total. The van der Waals surface area contributed by atoms with E-state index in [4.69, 9.17) is 0 Å². The second kappa shape index (κ2) is 4.16. The molecule has 0 aromatic heterocycles. The van der Waals surface area contributed by atoms with E-state index >= 15 is 0 Å². The Hall–Kier alpha value is -0.190. The highest BCUT2D eigenvalue weighted by atomic mass is 127. The fraction of sp³-hybridized carbons (Fsp3) is 0.333. The molecule has 1 aromatic rings. The predicted molar refractivity (Wildman–Crippen MR) is 53.4 cm³/mol. The van der Waals surface area contributed by atoms with Crippen LogP contribution in [-0.4, -0.2) is 0 Å². The Morgan fingerprint density at radius 1 is 1.42 bits per heavy atom. The summed E-state index contributed by atoms with van der Waals surface area (Å²) in [5.41, 5.74) is 0.583. The lowest BCUT2D eigenvalue weighted by Gasteiger charge is -2.07. The summed E-state index contributed by atoms with van der Waals surface area (Å²) >= 11 is 2.15. The Labute approximate surface area is 84.1 Å². The predicted octanol–water partition coefficient (Wildman–Crippen LogP) is 3.85. The van der Waals surface area contributed by atoms with Gasteiger partial charge in [0.1, 0.15) is 11.6 Å². The Bertz CT molecular complexity index is 273. The zero-order valence-electron chi connectivity index (χ0n) is 6.65. The number of rotatable bonds is 2. The minimum Gasteiger partial charge on any atom is -0.207 e. The van der Waals surface area contributed by atoms with E-state index in [0.717, 1.165) is 12.5 Å². The van der Waals surface area contributed by atoms with Gasteiger partial charge in [-0.3, -0.25) is 0 Å². The molecule has 1 aromatic carbocycles. The van der Waals surface area contributed by atoms with Crippen molar-refractivity contribution < 1.29 is 8.78 Å². The van der Waals surface area contributed by atoms with Crippen molar-refractivity contribution in [2.24, 2.45) is 0 Å². The van der Waals surface area contributed by atoms with Crippen LogP contribution < -0.4 is 0 Å². The molecule has 1 atom stereocenters. The zero-order valence-corrected chi connectivity index (χ0v) is 8.81. The highest BCUT2D eigenvalue weighted by Crippen LogP contribution is 2.28. The summed E-state index contributed by atoms with van der Waals surface area (Å²) in [7, 11) is 0. The van der Waals surface area contributed by atoms with Crippen molar-refractivity contribution in [2.45, 2.75) is 17.3 Å². The van der Waals surface area contributed by atoms with Gasteiger partial charge in [0, 0.05) is 15.6 Å². The molecule has 1 rings (SSSR count). The fourth-order valence-electron chi connectivity index (χ4n) is 0.975. The van der Waals surface area contributed by atoms with Crippen molar-refractivity contribution in [3.05, 3.63) is 35.4 Å². The fourth-order valence-corrected chi connectivity index (χ4v) is 1.48. The molecule has 0 aliphatic heterocycles. The quantitative estimate of drug-likeness (QED) is 0.571. The van der Waals surface area contributed by atoms with E-state index in [1.165, 1.54) is 12.1 Å². The van der Waals surface area contributed by atoms with Gasteiger partial charge in [-0.05, 0) is 12.5 Å². The van der Waals surface area contributed by atoms with Gasteiger partial charge in [0.25, 0.3) is 0 Å². The maximum Gasteiger partial charge on any atom is 0.130 e. The first-order valence-corrected chi connectivity index (χ1v) is 4.98. The molecule has 0 bridgehead atoms. The molecule has 0 spiro atoms. The highest BCUT2D eigenvalue weighted by Gasteiger charge is 2.10. The van der Waals surface area contributed by atoms with E-state index < -0.39 is 11.6 Å². The summed E-state index contributed by atoms with van der Waals surface area (Å²) in [6.07, 6.45) is 0.850. The number of hydrogen-bond donors (Lipinski definition) is 0. The Morgan fingerprint density at radius 3 is 2.58 bits per heavy atom. The van der Waals surface area contributed by atoms with Gasteiger partial charge in [-0.15, -0.1) is 0 Å². The van der Waals surface area contributed by atoms with E-state index in [1.807, 2.05) is 6.92 Å². The first-order valence-electron chi connectivity index (χ1n) is 3.74. The minimum absolute atomic E-state index is 0.128. The Kier molecular flexibility index (Phi) is 3.43. The second-order valence-corrected chi connectivity index (χ2v) is 4.05. The summed E-state index contributed by atoms with van der Waals surface area (Å²) in [5.74, 6) is -0.966. The number of halogens is 3. The molecule has 0 heterocycles. The standard InChI is InChI=1S/C9H9F2I/c1-2-9(12)7-4-3-6(10)5-8(7)11/h3-5,9H,2H2,1H3. The Balaban J connectivity index is 3.01. The average molecular weight is 282 g/mol. The first-order chi connectivity index (χ1) is 5.65. The summed E-state index contributed by atoms with van der Waals surface area (Å²) in [6, 6.07) is 3.72. The third kappa shape index (κ3) is 2.15. The molecule has 12 heavy (non-hydrogen) atoms. The largest absolute Gasteiger partial charge is 0.207 e. The van der Waals surface area contributed by atoms with E-state index in [9.17, 15) is 8.78 Å². The molecule has 0 aliphatic rings. The Morgan fingerprint density at radius 2 is 2.08 bits per heavy atom. The summed E-state index contributed by atoms with van der Waals surface area (Å²) in [6.45, 7) is 1.97. The topological polar surface area (TPSA) is 0 Å². The van der Waals surface area contributed by atoms with Gasteiger partial charge in [0.2, 0.25) is 0 Å². The van der Waals surface area contributed by atoms with Crippen LogP contribution in [0.3, 0.4) is 0 Å². The smallest absolute Gasteiger partial charge is 0.130 e. The molecule has 3 heteroatoms. The molecular formula is C9H9F2I. The van der Waals surface area contributed by atoms with E-state index in [0.29, 0.717) is 5.56 Å². The number of benzene rings is 1. The van der Waals surface area contributed by atoms with Crippen LogP contribution in [0.25, 0.3) is 0 Å². The van der Waals surface area contributed by atoms with Crippen LogP contribution in [0.1, 0.15) is 22.8 Å². The molecule has 0 aliphatic carbocycles. The molecule has 1 unspecified atom stereocenters. The lowest BCUT2D eigenvalue weighted by atomic mass is 10.1. The SMILES string of the molecule is CCC(I)c1ccc(F)cc1F. The third-order valence-corrected chi connectivity index (χ3v) is 3.21. The molecule has 0 saturated heterocycles. The summed E-state index contributed by atoms with van der Waals surface area (Å²) in [5, 5.41) is 0. The van der Waals surface area contributed by atoms with Crippen LogP contribution in [0.2, 0.25) is 0 Å². The van der Waals surface area contributed by atoms with Crippen LogP contribution in [0.4, 0.5) is 8.78 Å². The van der Waals surface area contributed by atoms with Gasteiger partial charge in [-0.25, -0.2) is 8.78 Å². The summed E-state index contributed by atoms with van der Waals surface area (Å²) < 4.78 is 25.6. The average Bonchev–Trinajstić information content (AvgIpc) is 2.03. The molecular weight excluding hydrogens is 273 g/mol. The van der Waals surface area contributed by atoms with Crippen LogP contribution >= 0.6 is 22.6 Å². The third-order valence-electron chi connectivity index (χ3n) is 1.66. The van der Waals surface area contributed by atoms with Crippen LogP contribution in [0.5, 0.6) is 0 Å². The van der Waals surface area contributed by atoms with Crippen molar-refractivity contribution >= 4 is 22.6 Å². The van der Waals surface area contributed by atoms with Gasteiger partial charge >= 0.3 is 0 Å². The first kappa shape index (κ1) is 9.89. The van der Waals surface area contributed by atoms with E-state index in [1.54, 1.807) is 0 Å². The molecule has 0 radical (unpaired) electrons. The van der Waals surface area contributed by atoms with Gasteiger partial charge in [0.15, 0.2) is 0 Å². The van der Waals surface area contributed by atoms with Gasteiger partial charge in [-0.1, -0.05) is 35.6 Å². The maximum absolute atomic E-state index is 13.0. The van der Waals surface area contributed by atoms with E-state index in [-0.39, 0.29) is 3.92 Å². The monoisotopic (exact) mass is 282 g/mol. The van der Waals surface area contributed by atoms with Crippen LogP contribution in [-0.2, 0) is 0 Å². The molecule has 0 saturated carbocycles. The van der Waals surface area contributed by atoms with Crippen LogP contribution in [0, 0.1) is 11.6 Å². The molecule has 66 valence electrons.